The largest absolute Gasteiger partial charge is 0.341 e. The number of fused-ring (bicyclic) bond motifs is 1. The Hall–Kier alpha value is -2.92. The molecular weight excluding hydrogens is 394 g/mol. The second kappa shape index (κ2) is 9.26. The van der Waals surface area contributed by atoms with Crippen molar-refractivity contribution in [2.75, 3.05) is 11.4 Å². The van der Waals surface area contributed by atoms with Crippen LogP contribution in [0, 0.1) is 0 Å². The molecule has 0 saturated carbocycles. The molecule has 156 valence electrons. The molecule has 3 rings (SSSR count). The number of benzene rings is 3. The minimum absolute atomic E-state index is 0.0497. The molecule has 6 heteroatoms. The minimum atomic E-state index is 0.0497. The summed E-state index contributed by atoms with van der Waals surface area (Å²) in [5, 5.41) is 10.4. The maximum Gasteiger partial charge on any atom is 0.213 e. The normalized spacial score (nSPS) is 12.2. The fourth-order valence-electron chi connectivity index (χ4n) is 3.76. The molecule has 4 N–H and O–H groups in total. The minimum Gasteiger partial charge on any atom is -0.341 e. The van der Waals surface area contributed by atoms with Crippen molar-refractivity contribution in [2.24, 2.45) is 16.1 Å². The fraction of sp³-hybridized carbons (Fsp3) is 0.292. The third-order valence-corrected chi connectivity index (χ3v) is 5.43. The molecule has 30 heavy (non-hydrogen) atoms. The van der Waals surface area contributed by atoms with Crippen LogP contribution in [0.3, 0.4) is 0 Å². The number of nitrogens with zero attached hydrogens (tertiary/aromatic N) is 3. The molecular formula is C24H29ClN5+. The molecule has 0 unspecified atom stereocenters. The Morgan fingerprint density at radius 2 is 1.77 bits per heavy atom. The highest BCUT2D eigenvalue weighted by atomic mass is 35.5. The van der Waals surface area contributed by atoms with Crippen molar-refractivity contribution in [3.05, 3.63) is 71.2 Å². The van der Waals surface area contributed by atoms with Gasteiger partial charge in [0.1, 0.15) is 0 Å². The topological polar surface area (TPSA) is 79.6 Å². The summed E-state index contributed by atoms with van der Waals surface area (Å²) in [4.78, 5) is 2.28. The molecule has 5 nitrogen and oxygen atoms in total. The molecule has 0 aromatic heterocycles. The zero-order chi connectivity index (χ0) is 21.7. The second-order valence-corrected chi connectivity index (χ2v) is 8.77. The number of amidine groups is 1. The van der Waals surface area contributed by atoms with Gasteiger partial charge in [0.2, 0.25) is 5.84 Å². The molecule has 0 saturated heterocycles. The predicted molar refractivity (Wildman–Crippen MR) is 126 cm³/mol. The Labute approximate surface area is 183 Å². The average Bonchev–Trinajstić information content (AvgIpc) is 2.73. The summed E-state index contributed by atoms with van der Waals surface area (Å²) in [5.41, 5.74) is 8.90. The lowest BCUT2D eigenvalue weighted by Gasteiger charge is -2.29. The number of hydrogen-bond donors (Lipinski definition) is 2. The zero-order valence-electron chi connectivity index (χ0n) is 17.8. The predicted octanol–water partition coefficient (Wildman–Crippen LogP) is 5.19. The van der Waals surface area contributed by atoms with Gasteiger partial charge in [0, 0.05) is 39.9 Å². The SMILES string of the molecule is CC(C)(C)c1ccc(N(CCCC(N=[NH2+])=NN)c2cccc(Cl)c2)c2ccccc12. The van der Waals surface area contributed by atoms with Crippen LogP contribution in [0.1, 0.15) is 39.2 Å². The lowest BCUT2D eigenvalue weighted by molar-refractivity contribution is -0.207. The quantitative estimate of drug-likeness (QED) is 0.188. The summed E-state index contributed by atoms with van der Waals surface area (Å²) < 4.78 is 0. The third kappa shape index (κ3) is 4.79. The van der Waals surface area contributed by atoms with Crippen LogP contribution in [0.25, 0.3) is 10.8 Å². The monoisotopic (exact) mass is 422 g/mol. The van der Waals surface area contributed by atoms with Gasteiger partial charge in [-0.05, 0) is 47.1 Å². The number of anilines is 2. The zero-order valence-corrected chi connectivity index (χ0v) is 18.5. The van der Waals surface area contributed by atoms with E-state index in [-0.39, 0.29) is 5.41 Å². The van der Waals surface area contributed by atoms with Crippen LogP contribution < -0.4 is 16.3 Å². The van der Waals surface area contributed by atoms with Crippen LogP contribution in [0.5, 0.6) is 0 Å². The highest BCUT2D eigenvalue weighted by molar-refractivity contribution is 6.30. The van der Waals surface area contributed by atoms with E-state index >= 15 is 0 Å². The molecule has 0 heterocycles. The van der Waals surface area contributed by atoms with E-state index in [1.165, 1.54) is 16.3 Å². The molecule has 0 bridgehead atoms. The molecule has 0 spiro atoms. The van der Waals surface area contributed by atoms with Gasteiger partial charge in [-0.2, -0.15) is 10.6 Å². The molecule has 0 radical (unpaired) electrons. The van der Waals surface area contributed by atoms with E-state index in [0.717, 1.165) is 24.3 Å². The summed E-state index contributed by atoms with van der Waals surface area (Å²) in [6.07, 6.45) is 1.39. The molecule has 3 aromatic rings. The van der Waals surface area contributed by atoms with Crippen molar-refractivity contribution < 1.29 is 5.53 Å². The van der Waals surface area contributed by atoms with Crippen molar-refractivity contribution in [3.63, 3.8) is 0 Å². The summed E-state index contributed by atoms with van der Waals surface area (Å²) >= 11 is 6.32. The van der Waals surface area contributed by atoms with Crippen molar-refractivity contribution in [2.45, 2.75) is 39.0 Å². The van der Waals surface area contributed by atoms with Gasteiger partial charge >= 0.3 is 0 Å². The molecule has 0 amide bonds. The summed E-state index contributed by atoms with van der Waals surface area (Å²) in [6, 6.07) is 20.9. The van der Waals surface area contributed by atoms with E-state index in [1.807, 2.05) is 18.2 Å². The molecule has 0 aliphatic rings. The Balaban J connectivity index is 2.09. The van der Waals surface area contributed by atoms with Gasteiger partial charge in [-0.3, -0.25) is 0 Å². The summed E-state index contributed by atoms with van der Waals surface area (Å²) in [7, 11) is 0. The van der Waals surface area contributed by atoms with Crippen molar-refractivity contribution >= 4 is 39.6 Å². The lowest BCUT2D eigenvalue weighted by atomic mass is 9.83. The molecule has 0 aliphatic carbocycles. The van der Waals surface area contributed by atoms with Crippen LogP contribution in [0.2, 0.25) is 5.02 Å². The highest BCUT2D eigenvalue weighted by Crippen LogP contribution is 2.38. The van der Waals surface area contributed by atoms with Gasteiger partial charge < -0.3 is 10.7 Å². The lowest BCUT2D eigenvalue weighted by Crippen LogP contribution is -2.27. The Morgan fingerprint density at radius 1 is 1.03 bits per heavy atom. The van der Waals surface area contributed by atoms with Crippen LogP contribution in [0.4, 0.5) is 11.4 Å². The van der Waals surface area contributed by atoms with E-state index in [9.17, 15) is 0 Å². The van der Waals surface area contributed by atoms with Gasteiger partial charge in [0.05, 0.1) is 0 Å². The Kier molecular flexibility index (Phi) is 6.73. The molecule has 3 aromatic carbocycles. The molecule has 0 atom stereocenters. The number of halogens is 1. The first-order valence-electron chi connectivity index (χ1n) is 10.1. The summed E-state index contributed by atoms with van der Waals surface area (Å²) in [6.45, 7) is 7.47. The van der Waals surface area contributed by atoms with Crippen LogP contribution in [-0.4, -0.2) is 12.4 Å². The van der Waals surface area contributed by atoms with Gasteiger partial charge in [0.15, 0.2) is 0 Å². The first-order chi connectivity index (χ1) is 14.3. The van der Waals surface area contributed by atoms with Crippen molar-refractivity contribution in [1.29, 1.82) is 0 Å². The van der Waals surface area contributed by atoms with Crippen LogP contribution in [0.15, 0.2) is 70.9 Å². The number of rotatable bonds is 6. The van der Waals surface area contributed by atoms with Gasteiger partial charge in [-0.1, -0.05) is 68.8 Å². The van der Waals surface area contributed by atoms with Crippen molar-refractivity contribution in [1.82, 2.24) is 0 Å². The third-order valence-electron chi connectivity index (χ3n) is 5.20. The Morgan fingerprint density at radius 3 is 2.40 bits per heavy atom. The number of nitrogens with two attached hydrogens (primary N) is 2. The maximum atomic E-state index is 6.32. The highest BCUT2D eigenvalue weighted by Gasteiger charge is 2.20. The van der Waals surface area contributed by atoms with Crippen molar-refractivity contribution in [3.8, 4) is 0 Å². The van der Waals surface area contributed by atoms with Gasteiger partial charge in [0.25, 0.3) is 0 Å². The number of hydrogen-bond acceptors (Lipinski definition) is 3. The van der Waals surface area contributed by atoms with Gasteiger partial charge in [-0.15, -0.1) is 0 Å². The molecule has 0 fully saturated rings. The van der Waals surface area contributed by atoms with Crippen LogP contribution >= 0.6 is 11.6 Å². The Bertz CT molecular complexity index is 1070. The van der Waals surface area contributed by atoms with E-state index in [0.29, 0.717) is 17.3 Å². The maximum absolute atomic E-state index is 6.32. The van der Waals surface area contributed by atoms with Crippen LogP contribution in [-0.2, 0) is 5.41 Å². The second-order valence-electron chi connectivity index (χ2n) is 8.34. The molecule has 0 aliphatic heterocycles. The van der Waals surface area contributed by atoms with Gasteiger partial charge in [-0.25, -0.2) is 0 Å². The first-order valence-corrected chi connectivity index (χ1v) is 10.5. The van der Waals surface area contributed by atoms with E-state index in [1.54, 1.807) is 0 Å². The standard InChI is InChI=1S/C24H28ClN5/c1-24(2,3)21-13-14-22(20-11-5-4-10-19(20)21)30(15-7-12-23(28-26)29-27)18-9-6-8-17(25)16-18/h4-6,8-11,13-14,16,26H,7,12,15,27H2,1-3H3/p+1. The summed E-state index contributed by atoms with van der Waals surface area (Å²) in [5.74, 6) is 5.81. The fourth-order valence-corrected chi connectivity index (χ4v) is 3.95. The van der Waals surface area contributed by atoms with E-state index in [2.05, 4.69) is 78.4 Å². The smallest absolute Gasteiger partial charge is 0.213 e. The van der Waals surface area contributed by atoms with E-state index in [4.69, 9.17) is 23.0 Å². The van der Waals surface area contributed by atoms with E-state index < -0.39 is 0 Å². The first kappa shape index (κ1) is 21.8. The number of hydrazone groups is 1. The average molecular weight is 423 g/mol.